The maximum Gasteiger partial charge on any atom is 0.154 e. The Kier molecular flexibility index (Phi) is 2.46. The molecule has 0 aliphatic heterocycles. The van der Waals surface area contributed by atoms with E-state index in [2.05, 4.69) is 27.6 Å². The third-order valence-corrected chi connectivity index (χ3v) is 3.92. The second-order valence-electron chi connectivity index (χ2n) is 2.90. The number of hydrogen-bond acceptors (Lipinski definition) is 2. The minimum atomic E-state index is 1.22. The van der Waals surface area contributed by atoms with Gasteiger partial charge in [-0.3, -0.25) is 0 Å². The second-order valence-corrected chi connectivity index (χ2v) is 5.73. The third kappa shape index (κ3) is 1.75. The number of aryl methyl sites for hydroxylation is 2. The normalized spacial score (nSPS) is 17.5. The fraction of sp³-hybridized carbons (Fsp3) is 0.625. The van der Waals surface area contributed by atoms with E-state index in [-0.39, 0.29) is 0 Å². The lowest BCUT2D eigenvalue weighted by atomic mass is 10.2. The van der Waals surface area contributed by atoms with Crippen molar-refractivity contribution in [2.24, 2.45) is 0 Å². The monoisotopic (exact) mass is 279 g/mol. The molecular weight excluding hydrogens is 269 g/mol. The molecule has 0 radical (unpaired) electrons. The van der Waals surface area contributed by atoms with Crippen molar-refractivity contribution in [3.8, 4) is 0 Å². The number of fused-ring (bicyclic) bond motifs is 1. The SMILES string of the molecule is Ic1nc2c(s1)CCCCC2. The van der Waals surface area contributed by atoms with Crippen LogP contribution in [0.5, 0.6) is 0 Å². The van der Waals surface area contributed by atoms with Gasteiger partial charge < -0.3 is 0 Å². The van der Waals surface area contributed by atoms with Gasteiger partial charge >= 0.3 is 0 Å². The highest BCUT2D eigenvalue weighted by Gasteiger charge is 2.11. The first-order valence-corrected chi connectivity index (χ1v) is 5.90. The van der Waals surface area contributed by atoms with Crippen LogP contribution in [0.2, 0.25) is 0 Å². The summed E-state index contributed by atoms with van der Waals surface area (Å²) in [5, 5.41) is 0. The molecule has 3 heteroatoms. The largest absolute Gasteiger partial charge is 0.235 e. The molecule has 0 bridgehead atoms. The van der Waals surface area contributed by atoms with Crippen LogP contribution >= 0.6 is 33.9 Å². The highest BCUT2D eigenvalue weighted by atomic mass is 127. The minimum Gasteiger partial charge on any atom is -0.235 e. The Hall–Kier alpha value is 0.360. The molecule has 60 valence electrons. The predicted octanol–water partition coefficient (Wildman–Crippen LogP) is 3.02. The fourth-order valence-corrected chi connectivity index (χ4v) is 3.46. The van der Waals surface area contributed by atoms with Crippen LogP contribution in [0.4, 0.5) is 0 Å². The van der Waals surface area contributed by atoms with Gasteiger partial charge in [0.2, 0.25) is 0 Å². The topological polar surface area (TPSA) is 12.9 Å². The molecule has 0 atom stereocenters. The number of aromatic nitrogens is 1. The van der Waals surface area contributed by atoms with Gasteiger partial charge in [-0.2, -0.15) is 0 Å². The number of hydrogen-bond donors (Lipinski definition) is 0. The summed E-state index contributed by atoms with van der Waals surface area (Å²) in [6.07, 6.45) is 6.59. The zero-order valence-corrected chi connectivity index (χ0v) is 9.24. The molecule has 11 heavy (non-hydrogen) atoms. The van der Waals surface area contributed by atoms with Crippen LogP contribution in [0, 0.1) is 3.01 Å². The summed E-state index contributed by atoms with van der Waals surface area (Å²) < 4.78 is 1.22. The second kappa shape index (κ2) is 3.39. The van der Waals surface area contributed by atoms with E-state index in [9.17, 15) is 0 Å². The first-order valence-electron chi connectivity index (χ1n) is 4.00. The predicted molar refractivity (Wildman–Crippen MR) is 56.1 cm³/mol. The maximum absolute atomic E-state index is 4.52. The van der Waals surface area contributed by atoms with Crippen molar-refractivity contribution in [1.29, 1.82) is 0 Å². The van der Waals surface area contributed by atoms with E-state index in [4.69, 9.17) is 0 Å². The summed E-state index contributed by atoms with van der Waals surface area (Å²) in [6.45, 7) is 0. The van der Waals surface area contributed by atoms with E-state index < -0.39 is 0 Å². The van der Waals surface area contributed by atoms with Crippen molar-refractivity contribution in [2.75, 3.05) is 0 Å². The van der Waals surface area contributed by atoms with Gasteiger partial charge in [0.15, 0.2) is 3.01 Å². The highest BCUT2D eigenvalue weighted by molar-refractivity contribution is 14.1. The van der Waals surface area contributed by atoms with Gasteiger partial charge in [-0.25, -0.2) is 4.98 Å². The third-order valence-electron chi connectivity index (χ3n) is 2.07. The van der Waals surface area contributed by atoms with Gasteiger partial charge in [0.05, 0.1) is 5.69 Å². The number of halogens is 1. The number of nitrogens with zero attached hydrogens (tertiary/aromatic N) is 1. The number of thiazole rings is 1. The Morgan fingerprint density at radius 1 is 1.18 bits per heavy atom. The average Bonchev–Trinajstić information content (AvgIpc) is 2.17. The zero-order chi connectivity index (χ0) is 7.68. The maximum atomic E-state index is 4.52. The lowest BCUT2D eigenvalue weighted by molar-refractivity contribution is 0.708. The van der Waals surface area contributed by atoms with Gasteiger partial charge in [0, 0.05) is 4.88 Å². The molecule has 2 rings (SSSR count). The first kappa shape index (κ1) is 7.98. The molecule has 0 saturated carbocycles. The quantitative estimate of drug-likeness (QED) is 0.525. The molecule has 0 amide bonds. The minimum absolute atomic E-state index is 1.22. The molecule has 1 aliphatic carbocycles. The smallest absolute Gasteiger partial charge is 0.154 e. The summed E-state index contributed by atoms with van der Waals surface area (Å²) in [5.41, 5.74) is 1.39. The van der Waals surface area contributed by atoms with Crippen LogP contribution in [0.15, 0.2) is 0 Å². The number of rotatable bonds is 0. The Morgan fingerprint density at radius 2 is 2.00 bits per heavy atom. The Bertz CT molecular complexity index is 233. The van der Waals surface area contributed by atoms with E-state index in [0.29, 0.717) is 0 Å². The van der Waals surface area contributed by atoms with E-state index >= 15 is 0 Å². The van der Waals surface area contributed by atoms with Crippen LogP contribution in [0.25, 0.3) is 0 Å². The summed E-state index contributed by atoms with van der Waals surface area (Å²) in [6, 6.07) is 0. The van der Waals surface area contributed by atoms with Crippen LogP contribution in [-0.4, -0.2) is 4.98 Å². The molecule has 1 heterocycles. The molecular formula is C8H10INS. The van der Waals surface area contributed by atoms with Gasteiger partial charge in [-0.15, -0.1) is 11.3 Å². The van der Waals surface area contributed by atoms with E-state index in [1.807, 2.05) is 11.3 Å². The standard InChI is InChI=1S/C8H10INS/c9-8-10-6-4-2-1-3-5-7(6)11-8/h1-5H2. The summed E-state index contributed by atoms with van der Waals surface area (Å²) in [5.74, 6) is 0. The van der Waals surface area contributed by atoms with Crippen molar-refractivity contribution < 1.29 is 0 Å². The van der Waals surface area contributed by atoms with Crippen molar-refractivity contribution in [3.63, 3.8) is 0 Å². The molecule has 0 unspecified atom stereocenters. The summed E-state index contributed by atoms with van der Waals surface area (Å²) in [7, 11) is 0. The van der Waals surface area contributed by atoms with Crippen molar-refractivity contribution in [1.82, 2.24) is 4.98 Å². The fourth-order valence-electron chi connectivity index (χ4n) is 1.50. The van der Waals surface area contributed by atoms with Crippen molar-refractivity contribution >= 4 is 33.9 Å². The van der Waals surface area contributed by atoms with E-state index in [0.717, 1.165) is 0 Å². The average molecular weight is 279 g/mol. The van der Waals surface area contributed by atoms with Crippen LogP contribution < -0.4 is 0 Å². The molecule has 1 nitrogen and oxygen atoms in total. The van der Waals surface area contributed by atoms with Crippen molar-refractivity contribution in [2.45, 2.75) is 32.1 Å². The molecule has 0 saturated heterocycles. The molecule has 0 fully saturated rings. The highest BCUT2D eigenvalue weighted by Crippen LogP contribution is 2.26. The van der Waals surface area contributed by atoms with Gasteiger partial charge in [-0.05, 0) is 48.3 Å². The van der Waals surface area contributed by atoms with Crippen LogP contribution in [0.3, 0.4) is 0 Å². The Morgan fingerprint density at radius 3 is 2.91 bits per heavy atom. The molecule has 1 aliphatic rings. The first-order chi connectivity index (χ1) is 5.36. The van der Waals surface area contributed by atoms with Crippen molar-refractivity contribution in [3.05, 3.63) is 13.6 Å². The van der Waals surface area contributed by atoms with E-state index in [1.165, 1.54) is 40.8 Å². The lowest BCUT2D eigenvalue weighted by Gasteiger charge is -1.90. The Balaban J connectivity index is 2.32. The van der Waals surface area contributed by atoms with Gasteiger partial charge in [-0.1, -0.05) is 6.42 Å². The van der Waals surface area contributed by atoms with E-state index in [1.54, 1.807) is 4.88 Å². The summed E-state index contributed by atoms with van der Waals surface area (Å²) in [4.78, 5) is 6.06. The molecule has 1 aromatic heterocycles. The van der Waals surface area contributed by atoms with Gasteiger partial charge in [0.25, 0.3) is 0 Å². The van der Waals surface area contributed by atoms with Crippen LogP contribution in [-0.2, 0) is 12.8 Å². The zero-order valence-electron chi connectivity index (χ0n) is 6.27. The molecule has 0 N–H and O–H groups in total. The summed E-state index contributed by atoms with van der Waals surface area (Å²) >= 11 is 4.20. The molecule has 0 spiro atoms. The Labute approximate surface area is 84.4 Å². The molecule has 1 aromatic rings. The molecule has 0 aromatic carbocycles. The lowest BCUT2D eigenvalue weighted by Crippen LogP contribution is -1.85. The van der Waals surface area contributed by atoms with Crippen LogP contribution in [0.1, 0.15) is 29.8 Å². The van der Waals surface area contributed by atoms with Gasteiger partial charge in [0.1, 0.15) is 0 Å².